The van der Waals surface area contributed by atoms with Gasteiger partial charge in [-0.15, -0.1) is 0 Å². The Labute approximate surface area is 142 Å². The Bertz CT molecular complexity index is 638. The van der Waals surface area contributed by atoms with Crippen LogP contribution in [0, 0.1) is 12.7 Å². The van der Waals surface area contributed by atoms with E-state index in [4.69, 9.17) is 4.84 Å². The minimum Gasteiger partial charge on any atom is -0.391 e. The highest BCUT2D eigenvalue weighted by Crippen LogP contribution is 2.25. The molecule has 0 N–H and O–H groups in total. The third kappa shape index (κ3) is 3.77. The quantitative estimate of drug-likeness (QED) is 0.841. The normalized spacial score (nSPS) is 21.3. The third-order valence-corrected chi connectivity index (χ3v) is 5.09. The number of halogens is 1. The number of hydrogen-bond donors (Lipinski definition) is 0. The molecule has 0 radical (unpaired) electrons. The van der Waals surface area contributed by atoms with E-state index in [1.54, 1.807) is 6.07 Å². The van der Waals surface area contributed by atoms with Crippen LogP contribution in [0.15, 0.2) is 23.4 Å². The van der Waals surface area contributed by atoms with Crippen LogP contribution < -0.4 is 0 Å². The first kappa shape index (κ1) is 16.9. The van der Waals surface area contributed by atoms with Crippen molar-refractivity contribution in [1.82, 2.24) is 4.90 Å². The molecule has 24 heavy (non-hydrogen) atoms. The number of aryl methyl sites for hydroxylation is 1. The maximum Gasteiger partial charge on any atom is 0.226 e. The monoisotopic (exact) mass is 332 g/mol. The van der Waals surface area contributed by atoms with Crippen LogP contribution >= 0.6 is 0 Å². The van der Waals surface area contributed by atoms with E-state index in [2.05, 4.69) is 5.16 Å². The van der Waals surface area contributed by atoms with E-state index in [0.29, 0.717) is 30.2 Å². The van der Waals surface area contributed by atoms with Crippen LogP contribution in [0.5, 0.6) is 0 Å². The lowest BCUT2D eigenvalue weighted by Crippen LogP contribution is -2.39. The van der Waals surface area contributed by atoms with Crippen LogP contribution in [0.2, 0.25) is 0 Å². The fraction of sp³-hybridized carbons (Fsp3) is 0.579. The van der Waals surface area contributed by atoms with Crippen LogP contribution in [-0.2, 0) is 9.63 Å². The van der Waals surface area contributed by atoms with Gasteiger partial charge in [0, 0.05) is 25.1 Å². The molecular formula is C19H25FN2O2. The van der Waals surface area contributed by atoms with E-state index in [0.717, 1.165) is 18.4 Å². The Balaban J connectivity index is 1.56. The van der Waals surface area contributed by atoms with Crippen molar-refractivity contribution in [2.45, 2.75) is 64.0 Å². The van der Waals surface area contributed by atoms with Gasteiger partial charge in [0.05, 0.1) is 12.1 Å². The number of carbonyl (C=O) groups is 1. The van der Waals surface area contributed by atoms with Gasteiger partial charge in [-0.3, -0.25) is 4.79 Å². The van der Waals surface area contributed by atoms with Gasteiger partial charge < -0.3 is 9.74 Å². The van der Waals surface area contributed by atoms with E-state index < -0.39 is 0 Å². The van der Waals surface area contributed by atoms with E-state index in [9.17, 15) is 9.18 Å². The second-order valence-corrected chi connectivity index (χ2v) is 6.95. The second kappa shape index (κ2) is 7.32. The predicted octanol–water partition coefficient (Wildman–Crippen LogP) is 3.81. The van der Waals surface area contributed by atoms with Crippen LogP contribution in [0.25, 0.3) is 0 Å². The zero-order chi connectivity index (χ0) is 17.1. The maximum absolute atomic E-state index is 14.1. The number of nitrogens with zero attached hydrogens (tertiary/aromatic N) is 2. The molecule has 2 aliphatic rings. The highest BCUT2D eigenvalue weighted by Gasteiger charge is 2.29. The second-order valence-electron chi connectivity index (χ2n) is 6.95. The molecule has 1 fully saturated rings. The molecule has 5 heteroatoms. The van der Waals surface area contributed by atoms with Crippen molar-refractivity contribution in [3.05, 3.63) is 35.1 Å². The lowest BCUT2D eigenvalue weighted by atomic mass is 9.94. The Morgan fingerprint density at radius 3 is 2.79 bits per heavy atom. The molecule has 130 valence electrons. The molecule has 1 unspecified atom stereocenters. The molecule has 1 aromatic rings. The van der Waals surface area contributed by atoms with Crippen molar-refractivity contribution in [3.63, 3.8) is 0 Å². The molecule has 1 aromatic carbocycles. The summed E-state index contributed by atoms with van der Waals surface area (Å²) in [5, 5.41) is 4.01. The molecule has 1 aliphatic heterocycles. The molecule has 1 heterocycles. The Morgan fingerprint density at radius 1 is 1.33 bits per heavy atom. The van der Waals surface area contributed by atoms with Crippen LogP contribution in [-0.4, -0.2) is 35.7 Å². The van der Waals surface area contributed by atoms with Gasteiger partial charge in [-0.2, -0.15) is 0 Å². The molecule has 1 aliphatic carbocycles. The number of carbonyl (C=O) groups excluding carboxylic acids is 1. The summed E-state index contributed by atoms with van der Waals surface area (Å²) in [6, 6.07) is 5.43. The van der Waals surface area contributed by atoms with E-state index in [1.165, 1.54) is 25.3 Å². The van der Waals surface area contributed by atoms with Gasteiger partial charge in [-0.05, 0) is 37.5 Å². The first-order chi connectivity index (χ1) is 11.5. The number of rotatable bonds is 4. The zero-order valence-corrected chi connectivity index (χ0v) is 14.4. The standard InChI is InChI=1S/C19H25FN2O2/c1-13-8-9-16(17(20)10-13)18-11-15(24-21-18)12-19(23)22(2)14-6-4-3-5-7-14/h8-10,14-15H,3-7,11-12H2,1-2H3. The Kier molecular flexibility index (Phi) is 5.17. The fourth-order valence-corrected chi connectivity index (χ4v) is 3.56. The van der Waals surface area contributed by atoms with Crippen molar-refractivity contribution in [2.75, 3.05) is 7.05 Å². The fourth-order valence-electron chi connectivity index (χ4n) is 3.56. The van der Waals surface area contributed by atoms with Crippen molar-refractivity contribution in [3.8, 4) is 0 Å². The first-order valence-electron chi connectivity index (χ1n) is 8.79. The molecule has 0 aromatic heterocycles. The smallest absolute Gasteiger partial charge is 0.226 e. The highest BCUT2D eigenvalue weighted by molar-refractivity contribution is 6.01. The summed E-state index contributed by atoms with van der Waals surface area (Å²) in [4.78, 5) is 19.7. The summed E-state index contributed by atoms with van der Waals surface area (Å²) < 4.78 is 14.1. The zero-order valence-electron chi connectivity index (χ0n) is 14.4. The van der Waals surface area contributed by atoms with Gasteiger partial charge in [0.25, 0.3) is 0 Å². The number of oxime groups is 1. The number of benzene rings is 1. The lowest BCUT2D eigenvalue weighted by molar-refractivity contribution is -0.135. The molecule has 3 rings (SSSR count). The van der Waals surface area contributed by atoms with Gasteiger partial charge in [-0.1, -0.05) is 30.5 Å². The van der Waals surface area contributed by atoms with Gasteiger partial charge in [-0.25, -0.2) is 4.39 Å². The molecule has 4 nitrogen and oxygen atoms in total. The van der Waals surface area contributed by atoms with Gasteiger partial charge in [0.1, 0.15) is 11.9 Å². The average molecular weight is 332 g/mol. The van der Waals surface area contributed by atoms with Crippen molar-refractivity contribution < 1.29 is 14.0 Å². The lowest BCUT2D eigenvalue weighted by Gasteiger charge is -2.31. The van der Waals surface area contributed by atoms with Gasteiger partial charge >= 0.3 is 0 Å². The summed E-state index contributed by atoms with van der Waals surface area (Å²) in [6.45, 7) is 1.85. The largest absolute Gasteiger partial charge is 0.391 e. The minimum absolute atomic E-state index is 0.0905. The molecule has 0 spiro atoms. The number of hydrogen-bond acceptors (Lipinski definition) is 3. The van der Waals surface area contributed by atoms with Gasteiger partial charge in [0.2, 0.25) is 5.91 Å². The Hall–Kier alpha value is -1.91. The summed E-state index contributed by atoms with van der Waals surface area (Å²) in [5.41, 5.74) is 1.93. The maximum atomic E-state index is 14.1. The van der Waals surface area contributed by atoms with Crippen LogP contribution in [0.3, 0.4) is 0 Å². The Morgan fingerprint density at radius 2 is 2.08 bits per heavy atom. The van der Waals surface area contributed by atoms with E-state index >= 15 is 0 Å². The first-order valence-corrected chi connectivity index (χ1v) is 8.79. The SMILES string of the molecule is Cc1ccc(C2=NOC(CC(=O)N(C)C3CCCCC3)C2)c(F)c1. The number of amides is 1. The van der Waals surface area contributed by atoms with Crippen molar-refractivity contribution in [2.24, 2.45) is 5.16 Å². The van der Waals surface area contributed by atoms with Crippen molar-refractivity contribution >= 4 is 11.6 Å². The average Bonchev–Trinajstić information content (AvgIpc) is 3.03. The predicted molar refractivity (Wildman–Crippen MR) is 91.4 cm³/mol. The van der Waals surface area contributed by atoms with Gasteiger partial charge in [0.15, 0.2) is 0 Å². The molecule has 1 atom stereocenters. The highest BCUT2D eigenvalue weighted by atomic mass is 19.1. The molecule has 1 amide bonds. The summed E-state index contributed by atoms with van der Waals surface area (Å²) in [6.07, 6.45) is 6.32. The third-order valence-electron chi connectivity index (χ3n) is 5.09. The summed E-state index contributed by atoms with van der Waals surface area (Å²) in [7, 11) is 1.88. The molecule has 0 saturated heterocycles. The molecule has 0 bridgehead atoms. The topological polar surface area (TPSA) is 41.9 Å². The van der Waals surface area contributed by atoms with E-state index in [1.807, 2.05) is 24.9 Å². The molecule has 1 saturated carbocycles. The minimum atomic E-state index is -0.292. The molecular weight excluding hydrogens is 307 g/mol. The summed E-state index contributed by atoms with van der Waals surface area (Å²) in [5.74, 6) is -0.198. The van der Waals surface area contributed by atoms with E-state index in [-0.39, 0.29) is 17.8 Å². The van der Waals surface area contributed by atoms with Crippen LogP contribution in [0.1, 0.15) is 56.1 Å². The van der Waals surface area contributed by atoms with Crippen molar-refractivity contribution in [1.29, 1.82) is 0 Å². The summed E-state index contributed by atoms with van der Waals surface area (Å²) >= 11 is 0. The van der Waals surface area contributed by atoms with Crippen LogP contribution in [0.4, 0.5) is 4.39 Å².